The Balaban J connectivity index is 0.00000242. The molecule has 1 aromatic heterocycles. The zero-order valence-electron chi connectivity index (χ0n) is 12.2. The molecule has 118 valence electrons. The lowest BCUT2D eigenvalue weighted by Crippen LogP contribution is -2.37. The number of carbonyl (C=O) groups excluding carboxylic acids is 1. The van der Waals surface area contributed by atoms with Gasteiger partial charge in [0.15, 0.2) is 0 Å². The van der Waals surface area contributed by atoms with Crippen molar-refractivity contribution < 1.29 is 4.79 Å². The lowest BCUT2D eigenvalue weighted by atomic mass is 10.1. The number of nitrogens with two attached hydrogens (primary N) is 1. The van der Waals surface area contributed by atoms with Crippen LogP contribution in [0.2, 0.25) is 0 Å². The molecule has 0 radical (unpaired) electrons. The van der Waals surface area contributed by atoms with E-state index in [4.69, 9.17) is 5.73 Å². The van der Waals surface area contributed by atoms with Gasteiger partial charge in [-0.1, -0.05) is 30.3 Å². The third-order valence-corrected chi connectivity index (χ3v) is 3.22. The van der Waals surface area contributed by atoms with Gasteiger partial charge in [-0.25, -0.2) is 0 Å². The number of amides is 1. The number of nitrogens with zero attached hydrogens (tertiary/aromatic N) is 1. The molecule has 0 aliphatic carbocycles. The maximum Gasteiger partial charge on any atom is 0.254 e. The number of pyridine rings is 1. The SMILES string of the molecule is Cl.NCCN(CCc1ccccc1)C(=O)c1cc[nH]c(=O)c1. The van der Waals surface area contributed by atoms with E-state index >= 15 is 0 Å². The molecule has 0 aliphatic rings. The maximum atomic E-state index is 12.4. The van der Waals surface area contributed by atoms with Crippen molar-refractivity contribution in [2.45, 2.75) is 6.42 Å². The molecule has 6 heteroatoms. The van der Waals surface area contributed by atoms with Crippen LogP contribution in [-0.2, 0) is 6.42 Å². The van der Waals surface area contributed by atoms with Gasteiger partial charge in [0.25, 0.3) is 5.91 Å². The zero-order chi connectivity index (χ0) is 15.1. The fraction of sp³-hybridized carbons (Fsp3) is 0.250. The summed E-state index contributed by atoms with van der Waals surface area (Å²) in [6.07, 6.45) is 2.24. The first-order valence-electron chi connectivity index (χ1n) is 6.92. The second-order valence-corrected chi connectivity index (χ2v) is 4.76. The van der Waals surface area contributed by atoms with Gasteiger partial charge < -0.3 is 15.6 Å². The van der Waals surface area contributed by atoms with Crippen molar-refractivity contribution in [2.24, 2.45) is 5.73 Å². The van der Waals surface area contributed by atoms with Crippen molar-refractivity contribution in [3.05, 3.63) is 70.1 Å². The highest BCUT2D eigenvalue weighted by molar-refractivity contribution is 5.94. The molecule has 1 aromatic carbocycles. The predicted molar refractivity (Wildman–Crippen MR) is 89.4 cm³/mol. The van der Waals surface area contributed by atoms with Crippen LogP contribution in [0.5, 0.6) is 0 Å². The van der Waals surface area contributed by atoms with E-state index in [9.17, 15) is 9.59 Å². The Kier molecular flexibility index (Phi) is 7.36. The Hall–Kier alpha value is -2.11. The zero-order valence-corrected chi connectivity index (χ0v) is 13.0. The first-order chi connectivity index (χ1) is 10.2. The molecule has 2 aromatic rings. The van der Waals surface area contributed by atoms with Crippen LogP contribution in [-0.4, -0.2) is 35.4 Å². The van der Waals surface area contributed by atoms with Crippen LogP contribution in [0.3, 0.4) is 0 Å². The lowest BCUT2D eigenvalue weighted by molar-refractivity contribution is 0.0762. The monoisotopic (exact) mass is 321 g/mol. The summed E-state index contributed by atoms with van der Waals surface area (Å²) in [5.41, 5.74) is 6.86. The highest BCUT2D eigenvalue weighted by Crippen LogP contribution is 2.05. The normalized spacial score (nSPS) is 9.86. The highest BCUT2D eigenvalue weighted by atomic mass is 35.5. The molecule has 1 amide bonds. The van der Waals surface area contributed by atoms with Crippen molar-refractivity contribution >= 4 is 18.3 Å². The van der Waals surface area contributed by atoms with Crippen molar-refractivity contribution in [2.75, 3.05) is 19.6 Å². The van der Waals surface area contributed by atoms with Crippen LogP contribution >= 0.6 is 12.4 Å². The van der Waals surface area contributed by atoms with Crippen molar-refractivity contribution in [1.29, 1.82) is 0 Å². The standard InChI is InChI=1S/C16H19N3O2.ClH/c17-8-11-19(10-7-13-4-2-1-3-5-13)16(21)14-6-9-18-15(20)12-14;/h1-6,9,12H,7-8,10-11,17H2,(H,18,20);1H. The minimum atomic E-state index is -0.281. The van der Waals surface area contributed by atoms with E-state index in [-0.39, 0.29) is 23.9 Å². The van der Waals surface area contributed by atoms with Crippen LogP contribution in [0.15, 0.2) is 53.5 Å². The third-order valence-electron chi connectivity index (χ3n) is 3.22. The van der Waals surface area contributed by atoms with Crippen LogP contribution in [0.25, 0.3) is 0 Å². The van der Waals surface area contributed by atoms with Crippen LogP contribution in [0.4, 0.5) is 0 Å². The minimum absolute atomic E-state index is 0. The van der Waals surface area contributed by atoms with Gasteiger partial charge >= 0.3 is 0 Å². The first kappa shape index (κ1) is 17.9. The van der Waals surface area contributed by atoms with E-state index in [1.807, 2.05) is 30.3 Å². The van der Waals surface area contributed by atoms with Gasteiger partial charge in [-0.15, -0.1) is 12.4 Å². The topological polar surface area (TPSA) is 79.2 Å². The molecular weight excluding hydrogens is 302 g/mol. The fourth-order valence-corrected chi connectivity index (χ4v) is 2.14. The molecule has 0 unspecified atom stereocenters. The van der Waals surface area contributed by atoms with Crippen LogP contribution in [0.1, 0.15) is 15.9 Å². The number of rotatable bonds is 6. The molecule has 0 saturated heterocycles. The summed E-state index contributed by atoms with van der Waals surface area (Å²) in [6.45, 7) is 1.44. The second kappa shape index (κ2) is 9.02. The van der Waals surface area contributed by atoms with E-state index in [1.165, 1.54) is 17.8 Å². The molecule has 0 atom stereocenters. The fourth-order valence-electron chi connectivity index (χ4n) is 2.14. The molecule has 22 heavy (non-hydrogen) atoms. The molecule has 0 fully saturated rings. The number of aromatic nitrogens is 1. The molecular formula is C16H20ClN3O2. The van der Waals surface area contributed by atoms with Gasteiger partial charge in [0.2, 0.25) is 5.56 Å². The highest BCUT2D eigenvalue weighted by Gasteiger charge is 2.15. The van der Waals surface area contributed by atoms with Crippen molar-refractivity contribution in [3.8, 4) is 0 Å². The summed E-state index contributed by atoms with van der Waals surface area (Å²) in [4.78, 5) is 27.9. The van der Waals surface area contributed by atoms with Crippen molar-refractivity contribution in [1.82, 2.24) is 9.88 Å². The van der Waals surface area contributed by atoms with Crippen molar-refractivity contribution in [3.63, 3.8) is 0 Å². The van der Waals surface area contributed by atoms with E-state index in [2.05, 4.69) is 4.98 Å². The van der Waals surface area contributed by atoms with Gasteiger partial charge in [-0.05, 0) is 18.1 Å². The summed E-state index contributed by atoms with van der Waals surface area (Å²) in [7, 11) is 0. The summed E-state index contributed by atoms with van der Waals surface area (Å²) in [5.74, 6) is -0.164. The van der Waals surface area contributed by atoms with Gasteiger partial charge in [0, 0.05) is 37.5 Å². The summed E-state index contributed by atoms with van der Waals surface area (Å²) < 4.78 is 0. The molecule has 0 spiro atoms. The number of carbonyl (C=O) groups is 1. The molecule has 2 rings (SSSR count). The van der Waals surface area contributed by atoms with Gasteiger partial charge in [-0.3, -0.25) is 9.59 Å². The number of hydrogen-bond acceptors (Lipinski definition) is 3. The predicted octanol–water partition coefficient (Wildman–Crippen LogP) is 1.44. The van der Waals surface area contributed by atoms with Crippen LogP contribution in [0, 0.1) is 0 Å². The average Bonchev–Trinajstić information content (AvgIpc) is 2.52. The largest absolute Gasteiger partial charge is 0.337 e. The maximum absolute atomic E-state index is 12.4. The minimum Gasteiger partial charge on any atom is -0.337 e. The smallest absolute Gasteiger partial charge is 0.254 e. The second-order valence-electron chi connectivity index (χ2n) is 4.76. The number of nitrogens with one attached hydrogen (secondary N) is 1. The third kappa shape index (κ3) is 5.02. The van der Waals surface area contributed by atoms with E-state index in [0.717, 1.165) is 6.42 Å². The van der Waals surface area contributed by atoms with Gasteiger partial charge in [-0.2, -0.15) is 0 Å². The summed E-state index contributed by atoms with van der Waals surface area (Å²) in [6, 6.07) is 12.9. The number of halogens is 1. The molecule has 0 saturated carbocycles. The number of benzene rings is 1. The van der Waals surface area contributed by atoms with E-state index < -0.39 is 0 Å². The molecule has 0 bridgehead atoms. The number of hydrogen-bond donors (Lipinski definition) is 2. The molecule has 3 N–H and O–H groups in total. The quantitative estimate of drug-likeness (QED) is 0.845. The Morgan fingerprint density at radius 1 is 1.14 bits per heavy atom. The van der Waals surface area contributed by atoms with Gasteiger partial charge in [0.05, 0.1) is 0 Å². The molecule has 0 aliphatic heterocycles. The molecule has 5 nitrogen and oxygen atoms in total. The average molecular weight is 322 g/mol. The van der Waals surface area contributed by atoms with Crippen LogP contribution < -0.4 is 11.3 Å². The Morgan fingerprint density at radius 3 is 2.50 bits per heavy atom. The number of H-pyrrole nitrogens is 1. The first-order valence-corrected chi connectivity index (χ1v) is 6.92. The Bertz CT molecular complexity index is 643. The van der Waals surface area contributed by atoms with E-state index in [0.29, 0.717) is 25.2 Å². The summed E-state index contributed by atoms with van der Waals surface area (Å²) >= 11 is 0. The molecule has 1 heterocycles. The number of aromatic amines is 1. The Labute approximate surface area is 135 Å². The lowest BCUT2D eigenvalue weighted by Gasteiger charge is -2.22. The summed E-state index contributed by atoms with van der Waals surface area (Å²) in [5, 5.41) is 0. The van der Waals surface area contributed by atoms with E-state index in [1.54, 1.807) is 11.0 Å². The van der Waals surface area contributed by atoms with Gasteiger partial charge in [0.1, 0.15) is 0 Å². The Morgan fingerprint density at radius 2 is 1.86 bits per heavy atom.